The minimum absolute atomic E-state index is 0.264. The Bertz CT molecular complexity index is 871. The number of thiazole rings is 1. The molecule has 1 N–H and O–H groups in total. The fraction of sp³-hybridized carbons (Fsp3) is 0.235. The van der Waals surface area contributed by atoms with Gasteiger partial charge in [0.25, 0.3) is 5.91 Å². The first-order valence-corrected chi connectivity index (χ1v) is 8.90. The second-order valence-electron chi connectivity index (χ2n) is 5.15. The molecule has 124 valence electrons. The Balaban J connectivity index is 1.82. The maximum Gasteiger partial charge on any atom is 0.258 e. The van der Waals surface area contributed by atoms with Gasteiger partial charge in [0.05, 0.1) is 26.9 Å². The van der Waals surface area contributed by atoms with Crippen LogP contribution in [0, 0.1) is 0 Å². The van der Waals surface area contributed by atoms with Gasteiger partial charge in [-0.25, -0.2) is 4.98 Å². The normalized spacial score (nSPS) is 10.8. The molecule has 0 spiro atoms. The van der Waals surface area contributed by atoms with E-state index in [1.165, 1.54) is 11.3 Å². The third kappa shape index (κ3) is 3.34. The maximum absolute atomic E-state index is 12.3. The van der Waals surface area contributed by atoms with E-state index in [1.807, 2.05) is 4.68 Å². The van der Waals surface area contributed by atoms with Gasteiger partial charge in [-0.2, -0.15) is 5.10 Å². The summed E-state index contributed by atoms with van der Waals surface area (Å²) < 4.78 is 1.95. The monoisotopic (exact) mass is 360 g/mol. The van der Waals surface area contributed by atoms with Gasteiger partial charge in [0.2, 0.25) is 0 Å². The van der Waals surface area contributed by atoms with Crippen LogP contribution in [0.15, 0.2) is 36.5 Å². The summed E-state index contributed by atoms with van der Waals surface area (Å²) >= 11 is 7.48. The quantitative estimate of drug-likeness (QED) is 0.729. The molecule has 2 aromatic heterocycles. The number of anilines is 1. The zero-order valence-electron chi connectivity index (χ0n) is 13.4. The van der Waals surface area contributed by atoms with Crippen LogP contribution >= 0.6 is 22.9 Å². The SMILES string of the molecule is CCc1cc(-c2cnc(NC(=O)c3ccccc3Cl)s2)n(CC)n1. The molecule has 0 aliphatic heterocycles. The number of nitrogens with one attached hydrogen (secondary N) is 1. The van der Waals surface area contributed by atoms with Crippen LogP contribution in [0.25, 0.3) is 10.6 Å². The van der Waals surface area contributed by atoms with Crippen molar-refractivity contribution in [2.75, 3.05) is 5.32 Å². The van der Waals surface area contributed by atoms with Crippen molar-refractivity contribution < 1.29 is 4.79 Å². The number of benzene rings is 1. The average molecular weight is 361 g/mol. The predicted molar refractivity (Wildman–Crippen MR) is 97.8 cm³/mol. The molecule has 0 aliphatic rings. The van der Waals surface area contributed by atoms with Crippen molar-refractivity contribution in [3.8, 4) is 10.6 Å². The van der Waals surface area contributed by atoms with Gasteiger partial charge in [-0.05, 0) is 31.5 Å². The molecule has 0 radical (unpaired) electrons. The molecule has 0 fully saturated rings. The van der Waals surface area contributed by atoms with Crippen LogP contribution in [0.1, 0.15) is 29.9 Å². The first kappa shape index (κ1) is 16.7. The fourth-order valence-corrected chi connectivity index (χ4v) is 3.40. The van der Waals surface area contributed by atoms with Gasteiger partial charge in [0, 0.05) is 12.7 Å². The number of rotatable bonds is 5. The Kier molecular flexibility index (Phi) is 4.97. The second-order valence-corrected chi connectivity index (χ2v) is 6.59. The molecule has 1 aromatic carbocycles. The number of carbonyl (C=O) groups is 1. The van der Waals surface area contributed by atoms with Crippen LogP contribution < -0.4 is 5.32 Å². The molecule has 7 heteroatoms. The Hall–Kier alpha value is -2.18. The van der Waals surface area contributed by atoms with E-state index < -0.39 is 0 Å². The van der Waals surface area contributed by atoms with Gasteiger partial charge in [-0.15, -0.1) is 0 Å². The van der Waals surface area contributed by atoms with E-state index in [4.69, 9.17) is 11.6 Å². The molecule has 0 atom stereocenters. The summed E-state index contributed by atoms with van der Waals surface area (Å²) in [7, 11) is 0. The largest absolute Gasteiger partial charge is 0.298 e. The van der Waals surface area contributed by atoms with Gasteiger partial charge in [-0.1, -0.05) is 42.0 Å². The zero-order chi connectivity index (χ0) is 17.1. The Morgan fingerprint density at radius 3 is 2.83 bits per heavy atom. The number of aromatic nitrogens is 3. The molecular weight excluding hydrogens is 344 g/mol. The highest BCUT2D eigenvalue weighted by Gasteiger charge is 2.15. The molecular formula is C17H17ClN4OS. The third-order valence-corrected chi connectivity index (χ3v) is 4.85. The summed E-state index contributed by atoms with van der Waals surface area (Å²) in [5.41, 5.74) is 2.50. The van der Waals surface area contributed by atoms with Gasteiger partial charge < -0.3 is 0 Å². The van der Waals surface area contributed by atoms with Crippen LogP contribution in [-0.4, -0.2) is 20.7 Å². The number of hydrogen-bond acceptors (Lipinski definition) is 4. The lowest BCUT2D eigenvalue weighted by Gasteiger charge is -2.03. The molecule has 0 aliphatic carbocycles. The summed E-state index contributed by atoms with van der Waals surface area (Å²) in [5.74, 6) is -0.264. The topological polar surface area (TPSA) is 59.8 Å². The van der Waals surface area contributed by atoms with Crippen LogP contribution in [0.3, 0.4) is 0 Å². The van der Waals surface area contributed by atoms with Crippen LogP contribution in [0.5, 0.6) is 0 Å². The van der Waals surface area contributed by atoms with E-state index in [1.54, 1.807) is 30.5 Å². The average Bonchev–Trinajstić information content (AvgIpc) is 3.21. The van der Waals surface area contributed by atoms with E-state index >= 15 is 0 Å². The van der Waals surface area contributed by atoms with Crippen molar-refractivity contribution in [3.63, 3.8) is 0 Å². The molecule has 0 saturated heterocycles. The minimum Gasteiger partial charge on any atom is -0.298 e. The Morgan fingerprint density at radius 2 is 2.12 bits per heavy atom. The highest BCUT2D eigenvalue weighted by atomic mass is 35.5. The van der Waals surface area contributed by atoms with E-state index in [-0.39, 0.29) is 5.91 Å². The smallest absolute Gasteiger partial charge is 0.258 e. The van der Waals surface area contributed by atoms with Crippen molar-refractivity contribution in [2.45, 2.75) is 26.8 Å². The number of amides is 1. The van der Waals surface area contributed by atoms with Gasteiger partial charge in [0.15, 0.2) is 5.13 Å². The number of carbonyl (C=O) groups excluding carboxylic acids is 1. The first-order valence-electron chi connectivity index (χ1n) is 7.71. The van der Waals surface area contributed by atoms with Gasteiger partial charge in [0.1, 0.15) is 0 Å². The molecule has 0 unspecified atom stereocenters. The number of hydrogen-bond donors (Lipinski definition) is 1. The van der Waals surface area contributed by atoms with Crippen molar-refractivity contribution in [2.24, 2.45) is 0 Å². The molecule has 24 heavy (non-hydrogen) atoms. The van der Waals surface area contributed by atoms with Gasteiger partial charge >= 0.3 is 0 Å². The Labute approximate surface area is 149 Å². The number of halogens is 1. The second kappa shape index (κ2) is 7.15. The van der Waals surface area contributed by atoms with Crippen LogP contribution in [0.2, 0.25) is 5.02 Å². The summed E-state index contributed by atoms with van der Waals surface area (Å²) in [6.45, 7) is 4.92. The summed E-state index contributed by atoms with van der Waals surface area (Å²) in [5, 5.41) is 8.30. The highest BCUT2D eigenvalue weighted by molar-refractivity contribution is 7.19. The minimum atomic E-state index is -0.264. The molecule has 0 saturated carbocycles. The summed E-state index contributed by atoms with van der Waals surface area (Å²) in [6, 6.07) is 9.01. The number of nitrogens with zero attached hydrogens (tertiary/aromatic N) is 3. The fourth-order valence-electron chi connectivity index (χ4n) is 2.34. The lowest BCUT2D eigenvalue weighted by molar-refractivity contribution is 0.102. The van der Waals surface area contributed by atoms with E-state index in [2.05, 4.69) is 35.3 Å². The van der Waals surface area contributed by atoms with Crippen LogP contribution in [-0.2, 0) is 13.0 Å². The van der Waals surface area contributed by atoms with Crippen molar-refractivity contribution >= 4 is 34.0 Å². The third-order valence-electron chi connectivity index (χ3n) is 3.59. The predicted octanol–water partition coefficient (Wildman–Crippen LogP) is 4.49. The van der Waals surface area contributed by atoms with Crippen molar-refractivity contribution in [3.05, 3.63) is 52.8 Å². The number of aryl methyl sites for hydroxylation is 2. The van der Waals surface area contributed by atoms with Crippen molar-refractivity contribution in [1.82, 2.24) is 14.8 Å². The summed E-state index contributed by atoms with van der Waals surface area (Å²) in [4.78, 5) is 17.6. The van der Waals surface area contributed by atoms with E-state index in [9.17, 15) is 4.79 Å². The molecule has 2 heterocycles. The lowest BCUT2D eigenvalue weighted by atomic mass is 10.2. The summed E-state index contributed by atoms with van der Waals surface area (Å²) in [6.07, 6.45) is 2.64. The highest BCUT2D eigenvalue weighted by Crippen LogP contribution is 2.30. The molecule has 3 aromatic rings. The molecule has 5 nitrogen and oxygen atoms in total. The molecule has 3 rings (SSSR count). The van der Waals surface area contributed by atoms with E-state index in [0.717, 1.165) is 29.2 Å². The van der Waals surface area contributed by atoms with Crippen molar-refractivity contribution in [1.29, 1.82) is 0 Å². The van der Waals surface area contributed by atoms with E-state index in [0.29, 0.717) is 15.7 Å². The first-order chi connectivity index (χ1) is 11.6. The maximum atomic E-state index is 12.3. The Morgan fingerprint density at radius 1 is 1.33 bits per heavy atom. The van der Waals surface area contributed by atoms with Gasteiger partial charge in [-0.3, -0.25) is 14.8 Å². The zero-order valence-corrected chi connectivity index (χ0v) is 15.0. The molecule has 0 bridgehead atoms. The lowest BCUT2D eigenvalue weighted by Crippen LogP contribution is -2.11. The molecule has 1 amide bonds. The van der Waals surface area contributed by atoms with Crippen LogP contribution in [0.4, 0.5) is 5.13 Å². The standard InChI is InChI=1S/C17H17ClN4OS/c1-3-11-9-14(22(4-2)21-11)15-10-19-17(24-15)20-16(23)12-7-5-6-8-13(12)18/h5-10H,3-4H2,1-2H3,(H,19,20,23).